The molecule has 12 aliphatic carbocycles. The van der Waals surface area contributed by atoms with Crippen LogP contribution >= 0.6 is 11.8 Å². The predicted octanol–water partition coefficient (Wildman–Crippen LogP) is 19.8. The van der Waals surface area contributed by atoms with E-state index in [-0.39, 0.29) is 0 Å². The SMILES string of the molecule is CC(C)(C)CC1CC2SC3CCC(C4CCCCC4)C[C@H]3B3C4C[C@@H](C5CC[C@H]6CCC7CCC[C@H]8CC[C@@H]5C6[C@@H]78)CC[C@H]4N(C4C(C5CCCCC5)CC(C5CCCCC5)CC4C4CCCCC4)C(C1)[C@H]32. The van der Waals surface area contributed by atoms with Gasteiger partial charge in [0.15, 0.2) is 6.71 Å². The van der Waals surface area contributed by atoms with Crippen LogP contribution in [-0.4, -0.2) is 40.2 Å². The lowest BCUT2D eigenvalue weighted by molar-refractivity contribution is -0.119. The number of hydrogen-bond acceptors (Lipinski definition) is 2. The first-order valence-corrected chi connectivity index (χ1v) is 35.7. The quantitative estimate of drug-likeness (QED) is 0.234. The minimum atomic E-state index is 0.443. The molecule has 3 heteroatoms. The zero-order chi connectivity index (χ0) is 48.1. The summed E-state index contributed by atoms with van der Waals surface area (Å²) in [6.45, 7) is 8.98. The van der Waals surface area contributed by atoms with Gasteiger partial charge < -0.3 is 0 Å². The van der Waals surface area contributed by atoms with Gasteiger partial charge in [-0.1, -0.05) is 181 Å². The van der Waals surface area contributed by atoms with E-state index in [4.69, 9.17) is 0 Å². The minimum Gasteiger partial charge on any atom is -0.295 e. The van der Waals surface area contributed by atoms with Crippen LogP contribution in [0.5, 0.6) is 0 Å². The zero-order valence-corrected chi connectivity index (χ0v) is 48.5. The third-order valence-corrected chi connectivity index (χ3v) is 30.1. The third-order valence-electron chi connectivity index (χ3n) is 28.3. The number of hydrogen-bond donors (Lipinski definition) is 0. The average Bonchev–Trinajstić information content (AvgIpc) is 3.42. The van der Waals surface area contributed by atoms with Gasteiger partial charge in [-0.05, 0) is 220 Å². The molecule has 14 aliphatic rings. The fraction of sp³-hybridized carbons (Fsp3) is 1.00. The van der Waals surface area contributed by atoms with E-state index in [1.165, 1.54) is 32.1 Å². The maximum atomic E-state index is 3.83. The van der Waals surface area contributed by atoms with Crippen LogP contribution in [0.15, 0.2) is 0 Å². The lowest BCUT2D eigenvalue weighted by Crippen LogP contribution is -2.72. The molecule has 12 saturated carbocycles. The summed E-state index contributed by atoms with van der Waals surface area (Å²) >= 11 is 2.73. The van der Waals surface area contributed by atoms with Crippen molar-refractivity contribution >= 4 is 18.5 Å². The fourth-order valence-corrected chi connectivity index (χ4v) is 28.3. The minimum absolute atomic E-state index is 0.443. The molecule has 0 N–H and O–H groups in total. The standard InChI is InChI=1S/C69H114BNS/c1-69(2,3)43-44-37-62-67-64(38-44)72-63-36-32-52(45-17-8-4-9-18-45)41-60(63)70(67)59-42-53(55-33-29-51-28-27-49-25-16-26-50-30-34-56(55)66(51)65(49)50)31-35-61(59)71(62)68-57(47-21-12-6-13-22-47)39-54(46-19-10-5-11-20-46)40-58(68)48-23-14-7-15-24-48/h44-68H,4-43H2,1-3H3/t44?,49?,50-,51+,52?,53-,54?,55?,56-,57?,58?,59?,60+,61+,62?,63?,64?,65-,66?,67-,68?/m0/s1. The van der Waals surface area contributed by atoms with Gasteiger partial charge in [0, 0.05) is 28.6 Å². The molecule has 2 aliphatic heterocycles. The molecule has 0 bridgehead atoms. The molecule has 0 spiro atoms. The Balaban J connectivity index is 0.872. The maximum Gasteiger partial charge on any atom is 0.155 e. The first-order valence-electron chi connectivity index (χ1n) is 34.7. The van der Waals surface area contributed by atoms with Crippen LogP contribution in [-0.2, 0) is 0 Å². The predicted molar refractivity (Wildman–Crippen MR) is 309 cm³/mol. The zero-order valence-electron chi connectivity index (χ0n) is 47.7. The van der Waals surface area contributed by atoms with Crippen molar-refractivity contribution in [3.63, 3.8) is 0 Å². The van der Waals surface area contributed by atoms with E-state index >= 15 is 0 Å². The molecule has 0 aromatic heterocycles. The fourth-order valence-electron chi connectivity index (χ4n) is 26.2. The summed E-state index contributed by atoms with van der Waals surface area (Å²) in [4.78, 5) is 3.83. The van der Waals surface area contributed by atoms with Crippen LogP contribution < -0.4 is 0 Å². The van der Waals surface area contributed by atoms with E-state index in [1.54, 1.807) is 225 Å². The van der Waals surface area contributed by atoms with Crippen molar-refractivity contribution in [1.29, 1.82) is 0 Å². The molecule has 14 rings (SSSR count). The average molecular weight is 1000 g/mol. The van der Waals surface area contributed by atoms with Gasteiger partial charge in [0.1, 0.15) is 0 Å². The van der Waals surface area contributed by atoms with Gasteiger partial charge in [0.2, 0.25) is 0 Å². The molecule has 1 nitrogen and oxygen atoms in total. The Morgan fingerprint density at radius 3 is 1.50 bits per heavy atom. The van der Waals surface area contributed by atoms with Crippen LogP contribution in [0.1, 0.15) is 278 Å². The van der Waals surface area contributed by atoms with Gasteiger partial charge in [-0.25, -0.2) is 0 Å². The Morgan fingerprint density at radius 2 is 0.875 bits per heavy atom. The normalized spacial score (nSPS) is 50.0. The van der Waals surface area contributed by atoms with Crippen molar-refractivity contribution in [3.05, 3.63) is 0 Å². The van der Waals surface area contributed by atoms with Crippen molar-refractivity contribution in [2.24, 2.45) is 106 Å². The number of rotatable bonds is 7. The van der Waals surface area contributed by atoms with Gasteiger partial charge in [0.25, 0.3) is 0 Å². The lowest BCUT2D eigenvalue weighted by atomic mass is 9.20. The van der Waals surface area contributed by atoms with Gasteiger partial charge in [-0.15, -0.1) is 0 Å². The topological polar surface area (TPSA) is 3.24 Å². The van der Waals surface area contributed by atoms with Crippen LogP contribution in [0.25, 0.3) is 0 Å². The van der Waals surface area contributed by atoms with E-state index in [0.29, 0.717) is 5.41 Å². The molecule has 19 atom stereocenters. The van der Waals surface area contributed by atoms with E-state index < -0.39 is 0 Å². The lowest BCUT2D eigenvalue weighted by Gasteiger charge is -2.69. The van der Waals surface area contributed by atoms with Crippen molar-refractivity contribution in [1.82, 2.24) is 4.90 Å². The van der Waals surface area contributed by atoms with E-state index in [1.807, 2.05) is 0 Å². The summed E-state index contributed by atoms with van der Waals surface area (Å²) in [5.74, 6) is 21.3. The molecular formula is C69H114BNS. The highest BCUT2D eigenvalue weighted by Gasteiger charge is 2.66. The Bertz CT molecular complexity index is 1750. The van der Waals surface area contributed by atoms with E-state index in [2.05, 4.69) is 37.4 Å². The van der Waals surface area contributed by atoms with Crippen LogP contribution in [0.2, 0.25) is 17.5 Å². The summed E-state index contributed by atoms with van der Waals surface area (Å²) in [7, 11) is 0. The molecule has 2 heterocycles. The van der Waals surface area contributed by atoms with Crippen LogP contribution in [0.4, 0.5) is 0 Å². The highest BCUT2D eigenvalue weighted by atomic mass is 32.2. The molecule has 0 amide bonds. The molecule has 14 fully saturated rings. The molecule has 0 aromatic rings. The molecular weight excluding hydrogens is 886 g/mol. The summed E-state index contributed by atoms with van der Waals surface area (Å²) in [6.07, 6.45) is 63.8. The Morgan fingerprint density at radius 1 is 0.361 bits per heavy atom. The molecule has 11 unspecified atom stereocenters. The van der Waals surface area contributed by atoms with Crippen molar-refractivity contribution < 1.29 is 0 Å². The second-order valence-corrected chi connectivity index (χ2v) is 34.1. The van der Waals surface area contributed by atoms with Crippen molar-refractivity contribution in [2.45, 2.75) is 324 Å². The molecule has 404 valence electrons. The number of thioether (sulfide) groups is 1. The Hall–Kier alpha value is 0.375. The summed E-state index contributed by atoms with van der Waals surface area (Å²) in [5.41, 5.74) is 0.443. The second kappa shape index (κ2) is 21.4. The monoisotopic (exact) mass is 1000 g/mol. The number of nitrogens with zero attached hydrogens (tertiary/aromatic N) is 1. The van der Waals surface area contributed by atoms with Gasteiger partial charge in [0.05, 0.1) is 0 Å². The van der Waals surface area contributed by atoms with Gasteiger partial charge in [-0.2, -0.15) is 11.8 Å². The molecule has 0 aromatic carbocycles. The first kappa shape index (κ1) is 50.6. The second-order valence-electron chi connectivity index (χ2n) is 32.6. The van der Waals surface area contributed by atoms with Crippen molar-refractivity contribution in [3.8, 4) is 0 Å². The van der Waals surface area contributed by atoms with Gasteiger partial charge >= 0.3 is 0 Å². The smallest absolute Gasteiger partial charge is 0.155 e. The third kappa shape index (κ3) is 9.55. The molecule has 0 radical (unpaired) electrons. The summed E-state index contributed by atoms with van der Waals surface area (Å²) in [6, 6.07) is 2.73. The van der Waals surface area contributed by atoms with E-state index in [0.717, 1.165) is 153 Å². The van der Waals surface area contributed by atoms with Crippen LogP contribution in [0.3, 0.4) is 0 Å². The number of fused-ring (bicyclic) bond motifs is 4. The van der Waals surface area contributed by atoms with E-state index in [9.17, 15) is 0 Å². The largest absolute Gasteiger partial charge is 0.295 e. The summed E-state index contributed by atoms with van der Waals surface area (Å²) < 4.78 is 0. The van der Waals surface area contributed by atoms with Gasteiger partial charge in [-0.3, -0.25) is 4.90 Å². The van der Waals surface area contributed by atoms with Crippen LogP contribution in [0, 0.1) is 106 Å². The molecule has 2 saturated heterocycles. The first-order chi connectivity index (χ1) is 35.3. The Labute approximate surface area is 450 Å². The maximum absolute atomic E-state index is 3.83. The highest BCUT2D eigenvalue weighted by Crippen LogP contribution is 2.70. The highest BCUT2D eigenvalue weighted by molar-refractivity contribution is 8.00. The molecule has 72 heavy (non-hydrogen) atoms. The Kier molecular flexibility index (Phi) is 15.1. The summed E-state index contributed by atoms with van der Waals surface area (Å²) in [5, 5.41) is 1.94. The van der Waals surface area contributed by atoms with Crippen molar-refractivity contribution in [2.75, 3.05) is 0 Å².